The summed E-state index contributed by atoms with van der Waals surface area (Å²) in [5.41, 5.74) is 6.45. The number of alkyl halides is 3. The first kappa shape index (κ1) is 14.5. The Kier molecular flexibility index (Phi) is 3.56. The van der Waals surface area contributed by atoms with Crippen LogP contribution < -0.4 is 5.73 Å². The number of aryl methyl sites for hydroxylation is 2. The van der Waals surface area contributed by atoms with Gasteiger partial charge >= 0.3 is 6.18 Å². The largest absolute Gasteiger partial charge is 0.417 e. The van der Waals surface area contributed by atoms with E-state index < -0.39 is 11.7 Å². The molecular formula is C13H12F3N3S. The Labute approximate surface area is 119 Å². The van der Waals surface area contributed by atoms with Crippen LogP contribution in [0.5, 0.6) is 0 Å². The first-order chi connectivity index (χ1) is 9.20. The third-order valence-electron chi connectivity index (χ3n) is 2.83. The molecule has 3 nitrogen and oxygen atoms in total. The zero-order valence-electron chi connectivity index (χ0n) is 10.8. The molecule has 0 unspecified atom stereocenters. The van der Waals surface area contributed by atoms with Crippen LogP contribution in [0.1, 0.15) is 22.5 Å². The van der Waals surface area contributed by atoms with Crippen molar-refractivity contribution in [3.8, 4) is 5.69 Å². The van der Waals surface area contributed by atoms with E-state index in [0.29, 0.717) is 5.69 Å². The molecule has 0 spiro atoms. The van der Waals surface area contributed by atoms with Gasteiger partial charge in [0.2, 0.25) is 0 Å². The van der Waals surface area contributed by atoms with E-state index in [1.165, 1.54) is 12.1 Å². The highest BCUT2D eigenvalue weighted by Gasteiger charge is 2.34. The second-order valence-electron chi connectivity index (χ2n) is 4.43. The molecule has 20 heavy (non-hydrogen) atoms. The van der Waals surface area contributed by atoms with Gasteiger partial charge in [-0.2, -0.15) is 18.3 Å². The molecule has 0 atom stereocenters. The third-order valence-corrected chi connectivity index (χ3v) is 3.05. The lowest BCUT2D eigenvalue weighted by molar-refractivity contribution is -0.137. The Morgan fingerprint density at radius 2 is 1.90 bits per heavy atom. The van der Waals surface area contributed by atoms with Crippen molar-refractivity contribution in [2.75, 3.05) is 0 Å². The topological polar surface area (TPSA) is 43.8 Å². The minimum atomic E-state index is -4.49. The second-order valence-corrected chi connectivity index (χ2v) is 4.87. The van der Waals surface area contributed by atoms with E-state index in [2.05, 4.69) is 5.10 Å². The van der Waals surface area contributed by atoms with Crippen LogP contribution in [0.3, 0.4) is 0 Å². The Morgan fingerprint density at radius 1 is 1.25 bits per heavy atom. The Hall–Kier alpha value is -1.89. The van der Waals surface area contributed by atoms with E-state index in [1.54, 1.807) is 4.68 Å². The highest BCUT2D eigenvalue weighted by Crippen LogP contribution is 2.33. The lowest BCUT2D eigenvalue weighted by Gasteiger charge is -2.14. The lowest BCUT2D eigenvalue weighted by atomic mass is 10.1. The van der Waals surface area contributed by atoms with Gasteiger partial charge in [0, 0.05) is 11.3 Å². The molecule has 0 amide bonds. The van der Waals surface area contributed by atoms with Crippen LogP contribution in [0, 0.1) is 13.8 Å². The van der Waals surface area contributed by atoms with Crippen LogP contribution >= 0.6 is 12.2 Å². The summed E-state index contributed by atoms with van der Waals surface area (Å²) >= 11 is 4.71. The first-order valence-corrected chi connectivity index (χ1v) is 6.15. The van der Waals surface area contributed by atoms with Crippen LogP contribution in [0.25, 0.3) is 5.69 Å². The van der Waals surface area contributed by atoms with Gasteiger partial charge in [-0.15, -0.1) is 0 Å². The summed E-state index contributed by atoms with van der Waals surface area (Å²) < 4.78 is 40.2. The number of thiocarbonyl (C=S) groups is 1. The number of hydrogen-bond acceptors (Lipinski definition) is 2. The van der Waals surface area contributed by atoms with Gasteiger partial charge in [0.25, 0.3) is 0 Å². The number of benzene rings is 1. The molecule has 0 fully saturated rings. The van der Waals surface area contributed by atoms with Crippen molar-refractivity contribution < 1.29 is 13.2 Å². The van der Waals surface area contributed by atoms with Gasteiger partial charge in [-0.25, -0.2) is 4.68 Å². The molecule has 2 aromatic rings. The molecule has 0 saturated heterocycles. The molecule has 1 aromatic heterocycles. The monoisotopic (exact) mass is 299 g/mol. The second kappa shape index (κ2) is 4.90. The molecule has 0 aliphatic carbocycles. The minimum absolute atomic E-state index is 0.197. The van der Waals surface area contributed by atoms with Crippen molar-refractivity contribution in [3.63, 3.8) is 0 Å². The standard InChI is InChI=1S/C13H12F3N3S/c1-7-5-8(2)19(18-7)9-3-4-11(13(14,15)16)10(6-9)12(17)20/h3-6H,1-2H3,(H2,17,20). The number of hydrogen-bond donors (Lipinski definition) is 1. The van der Waals surface area contributed by atoms with Gasteiger partial charge in [-0.1, -0.05) is 12.2 Å². The molecule has 1 heterocycles. The predicted molar refractivity (Wildman–Crippen MR) is 73.9 cm³/mol. The molecule has 2 N–H and O–H groups in total. The van der Waals surface area contributed by atoms with Gasteiger partial charge in [0.05, 0.1) is 16.9 Å². The fourth-order valence-electron chi connectivity index (χ4n) is 2.01. The fraction of sp³-hybridized carbons (Fsp3) is 0.231. The van der Waals surface area contributed by atoms with E-state index >= 15 is 0 Å². The molecule has 7 heteroatoms. The Bertz CT molecular complexity index is 674. The fourth-order valence-corrected chi connectivity index (χ4v) is 2.17. The summed E-state index contributed by atoms with van der Waals surface area (Å²) in [6.45, 7) is 3.63. The maximum Gasteiger partial charge on any atom is 0.417 e. The molecule has 106 valence electrons. The summed E-state index contributed by atoms with van der Waals surface area (Å²) in [4.78, 5) is -0.291. The number of aromatic nitrogens is 2. The molecule has 1 aromatic carbocycles. The highest BCUT2D eigenvalue weighted by molar-refractivity contribution is 7.80. The van der Waals surface area contributed by atoms with E-state index in [1.807, 2.05) is 19.9 Å². The Balaban J connectivity index is 2.62. The summed E-state index contributed by atoms with van der Waals surface area (Å²) in [6, 6.07) is 5.47. The highest BCUT2D eigenvalue weighted by atomic mass is 32.1. The summed E-state index contributed by atoms with van der Waals surface area (Å²) in [5.74, 6) is 0. The summed E-state index contributed by atoms with van der Waals surface area (Å²) in [5, 5.41) is 4.22. The molecule has 0 aliphatic rings. The smallest absolute Gasteiger partial charge is 0.389 e. The van der Waals surface area contributed by atoms with Crippen molar-refractivity contribution in [2.24, 2.45) is 5.73 Å². The van der Waals surface area contributed by atoms with Gasteiger partial charge in [0.1, 0.15) is 4.99 Å². The summed E-state index contributed by atoms with van der Waals surface area (Å²) in [6.07, 6.45) is -4.49. The number of rotatable bonds is 2. The molecule has 0 bridgehead atoms. The minimum Gasteiger partial charge on any atom is -0.389 e. The molecule has 0 saturated carbocycles. The van der Waals surface area contributed by atoms with Crippen molar-refractivity contribution >= 4 is 17.2 Å². The zero-order chi connectivity index (χ0) is 15.1. The van der Waals surface area contributed by atoms with Crippen LogP contribution in [-0.4, -0.2) is 14.8 Å². The van der Waals surface area contributed by atoms with Crippen molar-refractivity contribution in [3.05, 3.63) is 46.8 Å². The molecular weight excluding hydrogens is 287 g/mol. The molecule has 0 radical (unpaired) electrons. The van der Waals surface area contributed by atoms with Gasteiger partial charge in [0.15, 0.2) is 0 Å². The van der Waals surface area contributed by atoms with Gasteiger partial charge < -0.3 is 5.73 Å². The molecule has 2 rings (SSSR count). The van der Waals surface area contributed by atoms with Crippen LogP contribution in [0.4, 0.5) is 13.2 Å². The van der Waals surface area contributed by atoms with Gasteiger partial charge in [-0.05, 0) is 38.1 Å². The maximum atomic E-state index is 12.9. The van der Waals surface area contributed by atoms with Crippen LogP contribution in [0.15, 0.2) is 24.3 Å². The van der Waals surface area contributed by atoms with Crippen molar-refractivity contribution in [1.29, 1.82) is 0 Å². The Morgan fingerprint density at radius 3 is 2.35 bits per heavy atom. The average Bonchev–Trinajstić information content (AvgIpc) is 2.66. The van der Waals surface area contributed by atoms with E-state index in [0.717, 1.165) is 17.5 Å². The van der Waals surface area contributed by atoms with E-state index in [9.17, 15) is 13.2 Å². The number of nitrogens with zero attached hydrogens (tertiary/aromatic N) is 2. The van der Waals surface area contributed by atoms with Crippen LogP contribution in [-0.2, 0) is 6.18 Å². The lowest BCUT2D eigenvalue weighted by Crippen LogP contribution is -2.18. The van der Waals surface area contributed by atoms with Crippen molar-refractivity contribution in [2.45, 2.75) is 20.0 Å². The van der Waals surface area contributed by atoms with Crippen molar-refractivity contribution in [1.82, 2.24) is 9.78 Å². The normalized spacial score (nSPS) is 11.7. The van der Waals surface area contributed by atoms with Crippen LogP contribution in [0.2, 0.25) is 0 Å². The van der Waals surface area contributed by atoms with Gasteiger partial charge in [-0.3, -0.25) is 0 Å². The quantitative estimate of drug-likeness (QED) is 0.866. The molecule has 0 aliphatic heterocycles. The van der Waals surface area contributed by atoms with E-state index in [4.69, 9.17) is 18.0 Å². The maximum absolute atomic E-state index is 12.9. The first-order valence-electron chi connectivity index (χ1n) is 5.75. The zero-order valence-corrected chi connectivity index (χ0v) is 11.6. The third kappa shape index (κ3) is 2.67. The number of nitrogens with two attached hydrogens (primary N) is 1. The predicted octanol–water partition coefficient (Wildman–Crippen LogP) is 3.14. The van der Waals surface area contributed by atoms with E-state index in [-0.39, 0.29) is 10.6 Å². The average molecular weight is 299 g/mol. The SMILES string of the molecule is Cc1cc(C)n(-c2ccc(C(F)(F)F)c(C(N)=S)c2)n1. The summed E-state index contributed by atoms with van der Waals surface area (Å²) in [7, 11) is 0. The number of halogens is 3.